The van der Waals surface area contributed by atoms with Crippen LogP contribution in [0.2, 0.25) is 0 Å². The summed E-state index contributed by atoms with van der Waals surface area (Å²) in [4.78, 5) is 14.6. The van der Waals surface area contributed by atoms with Gasteiger partial charge >= 0.3 is 5.97 Å². The average Bonchev–Trinajstić information content (AvgIpc) is 2.41. The molecule has 1 aliphatic rings. The van der Waals surface area contributed by atoms with Crippen LogP contribution in [-0.4, -0.2) is 37.1 Å². The molecule has 0 aromatic heterocycles. The SMILES string of the molecule is CN(C)CC1CCCCC1(C)OC(=O)c1ccc(N)cc1.Cl. The summed E-state index contributed by atoms with van der Waals surface area (Å²) < 4.78 is 5.91. The highest BCUT2D eigenvalue weighted by Crippen LogP contribution is 2.37. The number of hydrogen-bond acceptors (Lipinski definition) is 4. The number of benzene rings is 1. The van der Waals surface area contributed by atoms with Crippen molar-refractivity contribution in [3.05, 3.63) is 29.8 Å². The molecule has 0 spiro atoms. The minimum absolute atomic E-state index is 0. The van der Waals surface area contributed by atoms with Crippen LogP contribution in [0.25, 0.3) is 0 Å². The minimum Gasteiger partial charge on any atom is -0.455 e. The lowest BCUT2D eigenvalue weighted by molar-refractivity contribution is -0.0651. The van der Waals surface area contributed by atoms with E-state index in [0.29, 0.717) is 17.2 Å². The molecule has 1 fully saturated rings. The normalized spacial score (nSPS) is 24.6. The molecular weight excluding hydrogens is 300 g/mol. The van der Waals surface area contributed by atoms with Gasteiger partial charge in [0.25, 0.3) is 0 Å². The maximum absolute atomic E-state index is 12.4. The Bertz CT molecular complexity index is 490. The van der Waals surface area contributed by atoms with Gasteiger partial charge < -0.3 is 15.4 Å². The first-order chi connectivity index (χ1) is 9.90. The Hall–Kier alpha value is -1.26. The maximum atomic E-state index is 12.4. The summed E-state index contributed by atoms with van der Waals surface area (Å²) in [7, 11) is 4.13. The molecule has 0 radical (unpaired) electrons. The smallest absolute Gasteiger partial charge is 0.338 e. The van der Waals surface area contributed by atoms with Gasteiger partial charge in [0, 0.05) is 18.2 Å². The molecule has 1 aromatic carbocycles. The molecule has 1 aliphatic carbocycles. The maximum Gasteiger partial charge on any atom is 0.338 e. The van der Waals surface area contributed by atoms with E-state index in [1.807, 2.05) is 0 Å². The Balaban J connectivity index is 0.00000242. The Morgan fingerprint density at radius 1 is 1.32 bits per heavy atom. The summed E-state index contributed by atoms with van der Waals surface area (Å²) in [5.41, 5.74) is 6.50. The van der Waals surface area contributed by atoms with Gasteiger partial charge in [0.2, 0.25) is 0 Å². The third-order valence-corrected chi connectivity index (χ3v) is 4.40. The number of nitrogen functional groups attached to an aromatic ring is 1. The van der Waals surface area contributed by atoms with E-state index in [9.17, 15) is 4.79 Å². The number of halogens is 1. The zero-order chi connectivity index (χ0) is 15.5. The van der Waals surface area contributed by atoms with Crippen molar-refractivity contribution < 1.29 is 9.53 Å². The quantitative estimate of drug-likeness (QED) is 0.681. The van der Waals surface area contributed by atoms with Crippen LogP contribution in [0, 0.1) is 5.92 Å². The molecule has 2 N–H and O–H groups in total. The second-order valence-electron chi connectivity index (χ2n) is 6.53. The zero-order valence-corrected chi connectivity index (χ0v) is 14.5. The number of carbonyl (C=O) groups excluding carboxylic acids is 1. The molecule has 124 valence electrons. The molecule has 0 saturated heterocycles. The van der Waals surface area contributed by atoms with Crippen molar-refractivity contribution in [1.29, 1.82) is 0 Å². The zero-order valence-electron chi connectivity index (χ0n) is 13.7. The minimum atomic E-state index is -0.374. The summed E-state index contributed by atoms with van der Waals surface area (Å²) >= 11 is 0. The fourth-order valence-corrected chi connectivity index (χ4v) is 3.13. The van der Waals surface area contributed by atoms with Crippen molar-refractivity contribution in [2.24, 2.45) is 5.92 Å². The van der Waals surface area contributed by atoms with Crippen molar-refractivity contribution >= 4 is 24.1 Å². The van der Waals surface area contributed by atoms with Gasteiger partial charge in [0.1, 0.15) is 5.60 Å². The highest BCUT2D eigenvalue weighted by Gasteiger charge is 2.40. The van der Waals surface area contributed by atoms with Crippen molar-refractivity contribution in [2.45, 2.75) is 38.2 Å². The number of anilines is 1. The van der Waals surface area contributed by atoms with Crippen molar-refractivity contribution in [1.82, 2.24) is 4.90 Å². The average molecular weight is 327 g/mol. The van der Waals surface area contributed by atoms with Crippen LogP contribution in [-0.2, 0) is 4.74 Å². The number of esters is 1. The molecule has 1 aromatic rings. The second kappa shape index (κ2) is 7.84. The summed E-state index contributed by atoms with van der Waals surface area (Å²) in [6.45, 7) is 3.03. The lowest BCUT2D eigenvalue weighted by atomic mass is 9.76. The number of nitrogens with zero attached hydrogens (tertiary/aromatic N) is 1. The van der Waals surface area contributed by atoms with Crippen molar-refractivity contribution in [3.8, 4) is 0 Å². The van der Waals surface area contributed by atoms with E-state index < -0.39 is 0 Å². The van der Waals surface area contributed by atoms with E-state index in [0.717, 1.165) is 25.8 Å². The molecule has 0 heterocycles. The molecule has 5 heteroatoms. The largest absolute Gasteiger partial charge is 0.455 e. The van der Waals surface area contributed by atoms with Crippen LogP contribution in [0.4, 0.5) is 5.69 Å². The monoisotopic (exact) mass is 326 g/mol. The molecule has 2 atom stereocenters. The van der Waals surface area contributed by atoms with Crippen molar-refractivity contribution in [3.63, 3.8) is 0 Å². The van der Waals surface area contributed by atoms with E-state index >= 15 is 0 Å². The first kappa shape index (κ1) is 18.8. The first-order valence-corrected chi connectivity index (χ1v) is 7.64. The van der Waals surface area contributed by atoms with Crippen molar-refractivity contribution in [2.75, 3.05) is 26.4 Å². The highest BCUT2D eigenvalue weighted by molar-refractivity contribution is 5.90. The van der Waals surface area contributed by atoms with Gasteiger partial charge in [0.05, 0.1) is 5.56 Å². The van der Waals surface area contributed by atoms with E-state index in [1.54, 1.807) is 24.3 Å². The topological polar surface area (TPSA) is 55.6 Å². The lowest BCUT2D eigenvalue weighted by Gasteiger charge is -2.42. The molecule has 0 aliphatic heterocycles. The summed E-state index contributed by atoms with van der Waals surface area (Å²) in [6, 6.07) is 6.92. The molecule has 0 amide bonds. The van der Waals surface area contributed by atoms with Gasteiger partial charge in [-0.3, -0.25) is 0 Å². The second-order valence-corrected chi connectivity index (χ2v) is 6.53. The predicted octanol–water partition coefficient (Wildman–Crippen LogP) is 3.36. The Morgan fingerprint density at radius 3 is 2.55 bits per heavy atom. The molecule has 4 nitrogen and oxygen atoms in total. The van der Waals surface area contributed by atoms with Crippen LogP contribution >= 0.6 is 12.4 Å². The van der Waals surface area contributed by atoms with Crippen LogP contribution in [0.3, 0.4) is 0 Å². The number of rotatable bonds is 4. The van der Waals surface area contributed by atoms with Crippen LogP contribution in [0.1, 0.15) is 43.0 Å². The Morgan fingerprint density at radius 2 is 1.95 bits per heavy atom. The predicted molar refractivity (Wildman–Crippen MR) is 92.4 cm³/mol. The van der Waals surface area contributed by atoms with Gasteiger partial charge in [-0.05, 0) is 64.5 Å². The number of carbonyl (C=O) groups is 1. The van der Waals surface area contributed by atoms with Gasteiger partial charge in [0.15, 0.2) is 0 Å². The number of hydrogen-bond donors (Lipinski definition) is 1. The fourth-order valence-electron chi connectivity index (χ4n) is 3.13. The Kier molecular flexibility index (Phi) is 6.69. The van der Waals surface area contributed by atoms with Gasteiger partial charge in [-0.2, -0.15) is 0 Å². The van der Waals surface area contributed by atoms with Crippen LogP contribution < -0.4 is 5.73 Å². The van der Waals surface area contributed by atoms with Crippen LogP contribution in [0.15, 0.2) is 24.3 Å². The summed E-state index contributed by atoms with van der Waals surface area (Å²) in [5, 5.41) is 0. The first-order valence-electron chi connectivity index (χ1n) is 7.64. The lowest BCUT2D eigenvalue weighted by Crippen LogP contribution is -2.46. The third kappa shape index (κ3) is 4.62. The van der Waals surface area contributed by atoms with E-state index in [-0.39, 0.29) is 24.0 Å². The molecule has 2 rings (SSSR count). The molecule has 0 bridgehead atoms. The fraction of sp³-hybridized carbons (Fsp3) is 0.588. The number of nitrogens with two attached hydrogens (primary N) is 1. The molecule has 2 unspecified atom stereocenters. The highest BCUT2D eigenvalue weighted by atomic mass is 35.5. The van der Waals surface area contributed by atoms with E-state index in [1.165, 1.54) is 6.42 Å². The summed E-state index contributed by atoms with van der Waals surface area (Å²) in [5.74, 6) is 0.141. The van der Waals surface area contributed by atoms with E-state index in [4.69, 9.17) is 10.5 Å². The van der Waals surface area contributed by atoms with Gasteiger partial charge in [-0.25, -0.2) is 4.79 Å². The number of ether oxygens (including phenoxy) is 1. The van der Waals surface area contributed by atoms with Gasteiger partial charge in [-0.15, -0.1) is 12.4 Å². The molecule has 1 saturated carbocycles. The summed E-state index contributed by atoms with van der Waals surface area (Å²) in [6.07, 6.45) is 4.39. The van der Waals surface area contributed by atoms with Crippen LogP contribution in [0.5, 0.6) is 0 Å². The molecular formula is C17H27ClN2O2. The third-order valence-electron chi connectivity index (χ3n) is 4.40. The Labute approximate surface area is 139 Å². The molecule has 22 heavy (non-hydrogen) atoms. The van der Waals surface area contributed by atoms with Gasteiger partial charge in [-0.1, -0.05) is 6.42 Å². The van der Waals surface area contributed by atoms with E-state index in [2.05, 4.69) is 25.9 Å². The standard InChI is InChI=1S/C17H26N2O2.ClH/c1-17(11-5-4-6-14(17)12-19(2)3)21-16(20)13-7-9-15(18)10-8-13;/h7-10,14H,4-6,11-12,18H2,1-3H3;1H.